The van der Waals surface area contributed by atoms with Crippen LogP contribution >= 0.6 is 0 Å². The number of ether oxygens (including phenoxy) is 1. The minimum atomic E-state index is -0.156. The van der Waals surface area contributed by atoms with E-state index < -0.39 is 0 Å². The summed E-state index contributed by atoms with van der Waals surface area (Å²) in [5.41, 5.74) is 11.3. The van der Waals surface area contributed by atoms with Crippen molar-refractivity contribution in [2.75, 3.05) is 19.6 Å². The summed E-state index contributed by atoms with van der Waals surface area (Å²) in [7, 11) is 0. The highest BCUT2D eigenvalue weighted by atomic mass is 16.5. The molecular formula is C25H26N3O+. The molecule has 2 aliphatic rings. The average Bonchev–Trinajstić information content (AvgIpc) is 2.75. The summed E-state index contributed by atoms with van der Waals surface area (Å²) in [4.78, 5) is 1.48. The van der Waals surface area contributed by atoms with Crippen molar-refractivity contribution in [3.05, 3.63) is 100 Å². The second-order valence-corrected chi connectivity index (χ2v) is 7.62. The van der Waals surface area contributed by atoms with E-state index in [1.165, 1.54) is 4.90 Å². The fourth-order valence-electron chi connectivity index (χ4n) is 4.34. The SMILES string of the molecule is CCC[NH+]1CC2=C(OC(N)=C(C#N)[C@H]2c2ccccc2)/C(=C\c2ccccc2)C1. The maximum atomic E-state index is 9.84. The fraction of sp³-hybridized carbons (Fsp3) is 0.240. The van der Waals surface area contributed by atoms with Gasteiger partial charge in [0.15, 0.2) is 0 Å². The summed E-state index contributed by atoms with van der Waals surface area (Å²) in [6.07, 6.45) is 3.30. The number of nitrogens with one attached hydrogen (secondary N) is 1. The number of allylic oxidation sites excluding steroid dienone is 1. The Labute approximate surface area is 172 Å². The topological polar surface area (TPSA) is 63.5 Å². The molecule has 0 aromatic heterocycles. The van der Waals surface area contributed by atoms with Gasteiger partial charge >= 0.3 is 0 Å². The molecule has 0 fully saturated rings. The van der Waals surface area contributed by atoms with Crippen LogP contribution in [0.15, 0.2) is 89.0 Å². The molecule has 2 aromatic carbocycles. The van der Waals surface area contributed by atoms with E-state index in [1.54, 1.807) is 0 Å². The third-order valence-electron chi connectivity index (χ3n) is 5.58. The van der Waals surface area contributed by atoms with Gasteiger partial charge in [0.25, 0.3) is 0 Å². The van der Waals surface area contributed by atoms with Crippen LogP contribution in [0.5, 0.6) is 0 Å². The van der Waals surface area contributed by atoms with E-state index in [0.29, 0.717) is 5.57 Å². The zero-order chi connectivity index (χ0) is 20.2. The maximum Gasteiger partial charge on any atom is 0.205 e. The zero-order valence-electron chi connectivity index (χ0n) is 16.7. The molecule has 0 bridgehead atoms. The maximum absolute atomic E-state index is 9.84. The summed E-state index contributed by atoms with van der Waals surface area (Å²) in [5, 5.41) is 9.84. The van der Waals surface area contributed by atoms with Gasteiger partial charge in [-0.1, -0.05) is 67.6 Å². The number of rotatable bonds is 4. The van der Waals surface area contributed by atoms with Crippen molar-refractivity contribution in [2.45, 2.75) is 19.3 Å². The number of nitrogens with two attached hydrogens (primary N) is 1. The summed E-state index contributed by atoms with van der Waals surface area (Å²) >= 11 is 0. The van der Waals surface area contributed by atoms with Crippen LogP contribution in [-0.4, -0.2) is 19.6 Å². The molecule has 1 unspecified atom stereocenters. The van der Waals surface area contributed by atoms with E-state index in [1.807, 2.05) is 36.4 Å². The number of quaternary nitrogens is 1. The highest BCUT2D eigenvalue weighted by molar-refractivity contribution is 5.62. The molecule has 0 spiro atoms. The van der Waals surface area contributed by atoms with Gasteiger partial charge in [-0.3, -0.25) is 0 Å². The Morgan fingerprint density at radius 1 is 1.10 bits per heavy atom. The Hall–Kier alpha value is -3.29. The number of benzene rings is 2. The lowest BCUT2D eigenvalue weighted by atomic mass is 9.80. The van der Waals surface area contributed by atoms with Crippen molar-refractivity contribution in [2.24, 2.45) is 5.73 Å². The average molecular weight is 385 g/mol. The Balaban J connectivity index is 1.86. The van der Waals surface area contributed by atoms with E-state index >= 15 is 0 Å². The van der Waals surface area contributed by atoms with E-state index in [9.17, 15) is 5.26 Å². The monoisotopic (exact) mass is 384 g/mol. The minimum absolute atomic E-state index is 0.156. The summed E-state index contributed by atoms with van der Waals surface area (Å²) in [6.45, 7) is 5.03. The zero-order valence-corrected chi connectivity index (χ0v) is 16.7. The number of hydrogen-bond donors (Lipinski definition) is 2. The molecule has 0 saturated heterocycles. The number of nitrogens with zero attached hydrogens (tertiary/aromatic N) is 1. The van der Waals surface area contributed by atoms with Crippen LogP contribution in [0.2, 0.25) is 0 Å². The molecule has 4 nitrogen and oxygen atoms in total. The van der Waals surface area contributed by atoms with Gasteiger partial charge in [0.05, 0.1) is 12.5 Å². The molecule has 2 heterocycles. The molecule has 0 amide bonds. The van der Waals surface area contributed by atoms with Crippen molar-refractivity contribution in [3.63, 3.8) is 0 Å². The lowest BCUT2D eigenvalue weighted by molar-refractivity contribution is -0.892. The quantitative estimate of drug-likeness (QED) is 0.851. The number of nitriles is 1. The first-order valence-electron chi connectivity index (χ1n) is 10.2. The predicted molar refractivity (Wildman–Crippen MR) is 114 cm³/mol. The first kappa shape index (κ1) is 19.0. The van der Waals surface area contributed by atoms with Crippen LogP contribution in [0.1, 0.15) is 30.4 Å². The van der Waals surface area contributed by atoms with Crippen molar-refractivity contribution >= 4 is 6.08 Å². The van der Waals surface area contributed by atoms with Crippen molar-refractivity contribution in [1.29, 1.82) is 5.26 Å². The molecule has 0 saturated carbocycles. The normalized spacial score (nSPS) is 22.8. The molecule has 2 aliphatic heterocycles. The summed E-state index contributed by atoms with van der Waals surface area (Å²) in [5.74, 6) is 0.911. The highest BCUT2D eigenvalue weighted by Gasteiger charge is 2.39. The third-order valence-corrected chi connectivity index (χ3v) is 5.58. The van der Waals surface area contributed by atoms with E-state index in [0.717, 1.165) is 54.1 Å². The van der Waals surface area contributed by atoms with Gasteiger partial charge in [0.1, 0.15) is 30.5 Å². The molecule has 3 N–H and O–H groups in total. The molecule has 0 aliphatic carbocycles. The Morgan fingerprint density at radius 3 is 2.45 bits per heavy atom. The van der Waals surface area contributed by atoms with Gasteiger partial charge in [-0.05, 0) is 23.6 Å². The van der Waals surface area contributed by atoms with Crippen molar-refractivity contribution in [1.82, 2.24) is 0 Å². The molecule has 29 heavy (non-hydrogen) atoms. The smallest absolute Gasteiger partial charge is 0.205 e. The molecule has 4 heteroatoms. The second kappa shape index (κ2) is 8.38. The van der Waals surface area contributed by atoms with Crippen LogP contribution in [-0.2, 0) is 4.74 Å². The third kappa shape index (κ3) is 3.83. The van der Waals surface area contributed by atoms with E-state index in [-0.39, 0.29) is 11.8 Å². The van der Waals surface area contributed by atoms with Crippen molar-refractivity contribution < 1.29 is 9.64 Å². The Morgan fingerprint density at radius 2 is 1.79 bits per heavy atom. The van der Waals surface area contributed by atoms with Crippen LogP contribution in [0.3, 0.4) is 0 Å². The Bertz CT molecular complexity index is 1010. The highest BCUT2D eigenvalue weighted by Crippen LogP contribution is 2.41. The summed E-state index contributed by atoms with van der Waals surface area (Å²) < 4.78 is 6.09. The van der Waals surface area contributed by atoms with Gasteiger partial charge < -0.3 is 15.4 Å². The van der Waals surface area contributed by atoms with Crippen molar-refractivity contribution in [3.8, 4) is 6.07 Å². The Kier molecular flexibility index (Phi) is 5.50. The second-order valence-electron chi connectivity index (χ2n) is 7.62. The minimum Gasteiger partial charge on any atom is -0.440 e. The van der Waals surface area contributed by atoms with Crippen LogP contribution in [0.25, 0.3) is 6.08 Å². The standard InChI is InChI=1S/C25H25N3O/c1-2-13-28-16-20(14-18-9-5-3-6-10-18)24-22(17-28)23(19-11-7-4-8-12-19)21(15-26)25(27)29-24/h3-12,14,23H,2,13,16-17,27H2,1H3/p+1/b20-14-/t23-/m1/s1. The molecule has 4 rings (SSSR count). The van der Waals surface area contributed by atoms with Gasteiger partial charge in [-0.2, -0.15) is 5.26 Å². The lowest BCUT2D eigenvalue weighted by Gasteiger charge is -2.36. The van der Waals surface area contributed by atoms with Gasteiger partial charge in [-0.15, -0.1) is 0 Å². The molecule has 0 radical (unpaired) electrons. The largest absolute Gasteiger partial charge is 0.440 e. The van der Waals surface area contributed by atoms with Crippen LogP contribution < -0.4 is 10.6 Å². The van der Waals surface area contributed by atoms with Gasteiger partial charge in [0, 0.05) is 11.1 Å². The molecule has 146 valence electrons. The number of hydrogen-bond acceptors (Lipinski definition) is 3. The van der Waals surface area contributed by atoms with E-state index in [2.05, 4.69) is 43.3 Å². The van der Waals surface area contributed by atoms with Crippen LogP contribution in [0, 0.1) is 11.3 Å². The molecular weight excluding hydrogens is 358 g/mol. The lowest BCUT2D eigenvalue weighted by Crippen LogP contribution is -3.13. The molecule has 2 atom stereocenters. The van der Waals surface area contributed by atoms with Gasteiger partial charge in [-0.25, -0.2) is 0 Å². The predicted octanol–water partition coefficient (Wildman–Crippen LogP) is 3.14. The first-order valence-corrected chi connectivity index (χ1v) is 10.2. The van der Waals surface area contributed by atoms with E-state index in [4.69, 9.17) is 10.5 Å². The first-order chi connectivity index (χ1) is 14.2. The molecule has 2 aromatic rings. The summed E-state index contributed by atoms with van der Waals surface area (Å²) in [6, 6.07) is 22.8. The van der Waals surface area contributed by atoms with Crippen LogP contribution in [0.4, 0.5) is 0 Å². The van der Waals surface area contributed by atoms with Gasteiger partial charge in [0.2, 0.25) is 5.88 Å². The fourth-order valence-corrected chi connectivity index (χ4v) is 4.34.